The van der Waals surface area contributed by atoms with E-state index in [1.54, 1.807) is 0 Å². The van der Waals surface area contributed by atoms with Gasteiger partial charge in [-0.15, -0.1) is 0 Å². The Kier molecular flexibility index (Phi) is 19.6. The molecule has 0 aromatic heterocycles. The molecule has 0 atom stereocenters. The van der Waals surface area contributed by atoms with Gasteiger partial charge in [0.15, 0.2) is 0 Å². The maximum atomic E-state index is 8.59. The Balaban J connectivity index is 3.00. The molecule has 0 aromatic rings. The molecule has 0 aliphatic rings. The summed E-state index contributed by atoms with van der Waals surface area (Å²) in [5.74, 6) is 0. The molecule has 1 N–H and O–H groups in total. The van der Waals surface area contributed by atoms with Gasteiger partial charge in [0.25, 0.3) is 0 Å². The summed E-state index contributed by atoms with van der Waals surface area (Å²) in [4.78, 5) is 0. The van der Waals surface area contributed by atoms with E-state index in [1.807, 2.05) is 0 Å². The number of hydrogen-bond acceptors (Lipinski definition) is 2. The average molecular weight is 335 g/mol. The summed E-state index contributed by atoms with van der Waals surface area (Å²) in [5, 5.41) is 11.9. The van der Waals surface area contributed by atoms with Gasteiger partial charge < -0.3 is 5.32 Å². The van der Waals surface area contributed by atoms with Crippen molar-refractivity contribution in [2.75, 3.05) is 13.1 Å². The largest absolute Gasteiger partial charge is 0.312 e. The van der Waals surface area contributed by atoms with Gasteiger partial charge >= 0.3 is 0 Å². The van der Waals surface area contributed by atoms with Gasteiger partial charge in [-0.1, -0.05) is 110 Å². The van der Waals surface area contributed by atoms with Crippen LogP contribution in [0.2, 0.25) is 0 Å². The average Bonchev–Trinajstić information content (AvgIpc) is 2.60. The molecule has 0 saturated carbocycles. The smallest absolute Gasteiger partial charge is 0.0954 e. The van der Waals surface area contributed by atoms with Gasteiger partial charge in [-0.05, 0) is 13.0 Å². The molecule has 140 valence electrons. The Morgan fingerprint density at radius 1 is 0.708 bits per heavy atom. The Morgan fingerprint density at radius 3 is 1.46 bits per heavy atom. The van der Waals surface area contributed by atoms with Crippen LogP contribution in [0.15, 0.2) is 12.2 Å². The van der Waals surface area contributed by atoms with Gasteiger partial charge in [0, 0.05) is 12.1 Å². The molecule has 0 heterocycles. The number of hydrogen-bond donors (Lipinski definition) is 1. The lowest BCUT2D eigenvalue weighted by atomic mass is 10.0. The lowest BCUT2D eigenvalue weighted by Crippen LogP contribution is -2.17. The zero-order valence-electron chi connectivity index (χ0n) is 16.4. The minimum Gasteiger partial charge on any atom is -0.312 e. The molecule has 2 nitrogen and oxygen atoms in total. The topological polar surface area (TPSA) is 35.8 Å². The molecular weight excluding hydrogens is 292 g/mol. The lowest BCUT2D eigenvalue weighted by molar-refractivity contribution is 0.527. The first-order valence-corrected chi connectivity index (χ1v) is 10.6. The number of rotatable bonds is 19. The second kappa shape index (κ2) is 20.2. The molecule has 0 fully saturated rings. The predicted octanol–water partition coefficient (Wildman–Crippen LogP) is 6.92. The summed E-state index contributed by atoms with van der Waals surface area (Å²) >= 11 is 0. The molecule has 0 bridgehead atoms. The highest BCUT2D eigenvalue weighted by Gasteiger charge is 1.95. The van der Waals surface area contributed by atoms with Crippen LogP contribution < -0.4 is 5.32 Å². The molecule has 24 heavy (non-hydrogen) atoms. The van der Waals surface area contributed by atoms with Crippen LogP contribution in [0.3, 0.4) is 0 Å². The minimum atomic E-state index is 0.631. The number of nitrogens with one attached hydrogen (secondary N) is 1. The summed E-state index contributed by atoms with van der Waals surface area (Å²) in [6, 6.07) is 2.06. The summed E-state index contributed by atoms with van der Waals surface area (Å²) in [7, 11) is 0. The van der Waals surface area contributed by atoms with Gasteiger partial charge in [-0.2, -0.15) is 5.26 Å². The van der Waals surface area contributed by atoms with Gasteiger partial charge in [0.05, 0.1) is 6.07 Å². The van der Waals surface area contributed by atoms with Crippen LogP contribution in [0.4, 0.5) is 0 Å². The summed E-state index contributed by atoms with van der Waals surface area (Å²) in [6.45, 7) is 7.61. The first-order valence-electron chi connectivity index (χ1n) is 10.6. The minimum absolute atomic E-state index is 0.631. The first kappa shape index (κ1) is 23.2. The van der Waals surface area contributed by atoms with Crippen molar-refractivity contribution in [1.29, 1.82) is 5.26 Å². The fourth-order valence-corrected chi connectivity index (χ4v) is 3.08. The highest BCUT2D eigenvalue weighted by Crippen LogP contribution is 2.13. The highest BCUT2D eigenvalue weighted by atomic mass is 14.8. The Hall–Kier alpha value is -0.810. The molecule has 0 radical (unpaired) electrons. The van der Waals surface area contributed by atoms with Gasteiger partial charge in [-0.3, -0.25) is 0 Å². The van der Waals surface area contributed by atoms with Crippen molar-refractivity contribution in [2.45, 2.75) is 110 Å². The van der Waals surface area contributed by atoms with Crippen molar-refractivity contribution in [3.63, 3.8) is 0 Å². The third-order valence-electron chi connectivity index (χ3n) is 4.70. The van der Waals surface area contributed by atoms with Crippen molar-refractivity contribution < 1.29 is 0 Å². The normalized spacial score (nSPS) is 10.7. The zero-order valence-corrected chi connectivity index (χ0v) is 16.4. The third-order valence-corrected chi connectivity index (χ3v) is 4.70. The maximum absolute atomic E-state index is 8.59. The van der Waals surface area contributed by atoms with E-state index in [4.69, 9.17) is 5.26 Å². The number of unbranched alkanes of at least 4 members (excludes halogenated alkanes) is 15. The van der Waals surface area contributed by atoms with E-state index in [0.717, 1.165) is 6.54 Å². The fraction of sp³-hybridized carbons (Fsp3) is 0.864. The van der Waals surface area contributed by atoms with E-state index in [-0.39, 0.29) is 0 Å². The van der Waals surface area contributed by atoms with Crippen molar-refractivity contribution >= 4 is 0 Å². The zero-order chi connectivity index (χ0) is 17.7. The molecule has 0 aliphatic heterocycles. The SMILES string of the molecule is C=C(C#N)CNCCCCCCCCCCCCCCCCCC. The van der Waals surface area contributed by atoms with Gasteiger partial charge in [-0.25, -0.2) is 0 Å². The molecule has 0 rings (SSSR count). The van der Waals surface area contributed by atoms with Crippen LogP contribution in [0, 0.1) is 11.3 Å². The van der Waals surface area contributed by atoms with Gasteiger partial charge in [0.2, 0.25) is 0 Å². The summed E-state index contributed by atoms with van der Waals surface area (Å²) < 4.78 is 0. The Bertz CT molecular complexity index is 304. The predicted molar refractivity (Wildman–Crippen MR) is 107 cm³/mol. The monoisotopic (exact) mass is 334 g/mol. The van der Waals surface area contributed by atoms with Crippen molar-refractivity contribution in [2.24, 2.45) is 0 Å². The van der Waals surface area contributed by atoms with Crippen LogP contribution in [0.5, 0.6) is 0 Å². The highest BCUT2D eigenvalue weighted by molar-refractivity contribution is 5.17. The van der Waals surface area contributed by atoms with Crippen LogP contribution >= 0.6 is 0 Å². The molecule has 0 spiro atoms. The maximum Gasteiger partial charge on any atom is 0.0954 e. The molecule has 0 aliphatic carbocycles. The molecule has 0 aromatic carbocycles. The second-order valence-electron chi connectivity index (χ2n) is 7.20. The first-order chi connectivity index (χ1) is 11.8. The molecule has 2 heteroatoms. The van der Waals surface area contributed by atoms with Gasteiger partial charge in [0.1, 0.15) is 0 Å². The molecule has 0 unspecified atom stereocenters. The van der Waals surface area contributed by atoms with Crippen LogP contribution in [0.1, 0.15) is 110 Å². The van der Waals surface area contributed by atoms with Crippen LogP contribution in [0.25, 0.3) is 0 Å². The quantitative estimate of drug-likeness (QED) is 0.205. The van der Waals surface area contributed by atoms with E-state index in [0.29, 0.717) is 12.1 Å². The summed E-state index contributed by atoms with van der Waals surface area (Å²) in [6.07, 6.45) is 22.5. The number of nitriles is 1. The Morgan fingerprint density at radius 2 is 1.08 bits per heavy atom. The van der Waals surface area contributed by atoms with Crippen LogP contribution in [-0.2, 0) is 0 Å². The summed E-state index contributed by atoms with van der Waals surface area (Å²) in [5.41, 5.74) is 0.631. The van der Waals surface area contributed by atoms with Crippen molar-refractivity contribution in [1.82, 2.24) is 5.32 Å². The Labute approximate surface area is 152 Å². The molecular formula is C22H42N2. The van der Waals surface area contributed by atoms with E-state index in [9.17, 15) is 0 Å². The van der Waals surface area contributed by atoms with Crippen molar-refractivity contribution in [3.8, 4) is 6.07 Å². The molecule has 0 saturated heterocycles. The van der Waals surface area contributed by atoms with E-state index >= 15 is 0 Å². The second-order valence-corrected chi connectivity index (χ2v) is 7.20. The van der Waals surface area contributed by atoms with Crippen LogP contribution in [-0.4, -0.2) is 13.1 Å². The van der Waals surface area contributed by atoms with E-state index in [1.165, 1.54) is 103 Å². The number of nitrogens with zero attached hydrogens (tertiary/aromatic N) is 1. The lowest BCUT2D eigenvalue weighted by Gasteiger charge is -2.04. The van der Waals surface area contributed by atoms with E-state index < -0.39 is 0 Å². The standard InChI is InChI=1S/C22H42N2/c1-3-4-5-6-7-8-9-10-11-12-13-14-15-16-17-18-19-24-21-22(2)20-23/h24H,2-19,21H2,1H3. The fourth-order valence-electron chi connectivity index (χ4n) is 3.08. The van der Waals surface area contributed by atoms with Crippen molar-refractivity contribution in [3.05, 3.63) is 12.2 Å². The third kappa shape index (κ3) is 19.2. The molecule has 0 amide bonds. The van der Waals surface area contributed by atoms with E-state index in [2.05, 4.69) is 24.9 Å².